The highest BCUT2D eigenvalue weighted by Crippen LogP contribution is 2.49. The minimum atomic E-state index is -0.509. The predicted octanol–water partition coefficient (Wildman–Crippen LogP) is 4.82. The number of carbonyl (C=O) groups is 1. The number of hydrogen-bond donors (Lipinski definition) is 1. The third kappa shape index (κ3) is 2.92. The van der Waals surface area contributed by atoms with Crippen LogP contribution in [0, 0.1) is 0 Å². The van der Waals surface area contributed by atoms with E-state index < -0.39 is 6.09 Å². The smallest absolute Gasteiger partial charge is 0.417 e. The number of ether oxygens (including phenoxy) is 3. The molecule has 0 bridgehead atoms. The first-order valence-corrected chi connectivity index (χ1v) is 8.97. The Balaban J connectivity index is 1.45. The lowest BCUT2D eigenvalue weighted by atomic mass is 9.82. The molecule has 2 aromatic rings. The Hall–Kier alpha value is -2.53. The summed E-state index contributed by atoms with van der Waals surface area (Å²) in [7, 11) is 0. The van der Waals surface area contributed by atoms with E-state index in [1.807, 2.05) is 36.4 Å². The summed E-state index contributed by atoms with van der Waals surface area (Å²) in [4.78, 5) is 12.2. The first-order chi connectivity index (χ1) is 12.5. The van der Waals surface area contributed by atoms with Crippen molar-refractivity contribution >= 4 is 11.8 Å². The maximum absolute atomic E-state index is 12.2. The van der Waals surface area contributed by atoms with E-state index in [1.54, 1.807) is 6.07 Å². The van der Waals surface area contributed by atoms with Gasteiger partial charge in [-0.15, -0.1) is 0 Å². The van der Waals surface area contributed by atoms with Crippen LogP contribution in [0.1, 0.15) is 44.2 Å². The van der Waals surface area contributed by atoms with E-state index >= 15 is 0 Å². The van der Waals surface area contributed by atoms with E-state index in [0.29, 0.717) is 24.0 Å². The van der Waals surface area contributed by atoms with Gasteiger partial charge >= 0.3 is 6.09 Å². The van der Waals surface area contributed by atoms with Crippen LogP contribution < -0.4 is 14.8 Å². The van der Waals surface area contributed by atoms with E-state index in [0.717, 1.165) is 17.7 Å². The van der Waals surface area contributed by atoms with Crippen LogP contribution in [0.25, 0.3) is 0 Å². The van der Waals surface area contributed by atoms with Crippen molar-refractivity contribution < 1.29 is 19.0 Å². The van der Waals surface area contributed by atoms with Crippen LogP contribution in [0.4, 0.5) is 10.5 Å². The highest BCUT2D eigenvalue weighted by molar-refractivity contribution is 5.86. The van der Waals surface area contributed by atoms with Gasteiger partial charge in [0.25, 0.3) is 0 Å². The summed E-state index contributed by atoms with van der Waals surface area (Å²) in [5.74, 6) is 1.75. The molecule has 0 unspecified atom stereocenters. The second-order valence-corrected chi connectivity index (χ2v) is 7.44. The van der Waals surface area contributed by atoms with Crippen LogP contribution in [0.15, 0.2) is 42.5 Å². The third-order valence-corrected chi connectivity index (χ3v) is 5.25. The maximum Gasteiger partial charge on any atom is 0.417 e. The SMILES string of the molecule is CC(C)c1ccc(NC(=O)Oc2ccc3c(c2)[C@]2(C)CCO[C@@H]2O3)cc1. The molecule has 1 N–H and O–H groups in total. The molecule has 5 nitrogen and oxygen atoms in total. The van der Waals surface area contributed by atoms with Gasteiger partial charge in [-0.05, 0) is 55.2 Å². The molecule has 2 aliphatic heterocycles. The zero-order valence-electron chi connectivity index (χ0n) is 15.2. The monoisotopic (exact) mass is 353 g/mol. The van der Waals surface area contributed by atoms with Crippen molar-refractivity contribution in [3.63, 3.8) is 0 Å². The topological polar surface area (TPSA) is 56.8 Å². The second kappa shape index (κ2) is 6.32. The van der Waals surface area contributed by atoms with Crippen LogP contribution in [0.3, 0.4) is 0 Å². The van der Waals surface area contributed by atoms with Gasteiger partial charge in [0.05, 0.1) is 12.0 Å². The van der Waals surface area contributed by atoms with Crippen molar-refractivity contribution in [3.8, 4) is 11.5 Å². The van der Waals surface area contributed by atoms with Crippen LogP contribution in [0.5, 0.6) is 11.5 Å². The maximum atomic E-state index is 12.2. The van der Waals surface area contributed by atoms with E-state index in [-0.39, 0.29) is 11.7 Å². The molecule has 5 heteroatoms. The summed E-state index contributed by atoms with van der Waals surface area (Å²) in [5.41, 5.74) is 2.79. The van der Waals surface area contributed by atoms with Gasteiger partial charge in [0.2, 0.25) is 6.29 Å². The number of rotatable bonds is 3. The molecule has 2 aliphatic rings. The molecule has 1 fully saturated rings. The third-order valence-electron chi connectivity index (χ3n) is 5.25. The van der Waals surface area contributed by atoms with Crippen molar-refractivity contribution in [1.82, 2.24) is 0 Å². The molecule has 0 spiro atoms. The molecular weight excluding hydrogens is 330 g/mol. The molecule has 0 radical (unpaired) electrons. The van der Waals surface area contributed by atoms with Crippen molar-refractivity contribution in [2.75, 3.05) is 11.9 Å². The Morgan fingerprint density at radius 1 is 1.23 bits per heavy atom. The molecule has 2 heterocycles. The normalized spacial score (nSPS) is 23.3. The van der Waals surface area contributed by atoms with Gasteiger partial charge in [0.1, 0.15) is 11.5 Å². The van der Waals surface area contributed by atoms with Crippen LogP contribution in [-0.4, -0.2) is 19.0 Å². The van der Waals surface area contributed by atoms with Gasteiger partial charge in [0.15, 0.2) is 0 Å². The highest BCUT2D eigenvalue weighted by atomic mass is 16.7. The van der Waals surface area contributed by atoms with Gasteiger partial charge in [-0.2, -0.15) is 0 Å². The first kappa shape index (κ1) is 16.9. The molecule has 0 aromatic heterocycles. The Bertz CT molecular complexity index is 830. The standard InChI is InChI=1S/C21H23NO4/c1-13(2)14-4-6-15(7-5-14)22-20(23)25-16-8-9-18-17(12-16)21(3)10-11-24-19(21)26-18/h4-9,12-13,19H,10-11H2,1-3H3,(H,22,23)/t19-,21+/m1/s1. The van der Waals surface area contributed by atoms with Gasteiger partial charge < -0.3 is 14.2 Å². The molecule has 0 saturated carbocycles. The van der Waals surface area contributed by atoms with Crippen LogP contribution in [0.2, 0.25) is 0 Å². The zero-order chi connectivity index (χ0) is 18.3. The van der Waals surface area contributed by atoms with Gasteiger partial charge in [-0.1, -0.05) is 26.0 Å². The minimum Gasteiger partial charge on any atom is -0.464 e. The fourth-order valence-corrected chi connectivity index (χ4v) is 3.54. The lowest BCUT2D eigenvalue weighted by Gasteiger charge is -2.20. The number of amides is 1. The molecule has 2 aromatic carbocycles. The van der Waals surface area contributed by atoms with Gasteiger partial charge in [-0.25, -0.2) is 4.79 Å². The Kier molecular flexibility index (Phi) is 4.11. The largest absolute Gasteiger partial charge is 0.464 e. The molecule has 136 valence electrons. The average Bonchev–Trinajstić information content (AvgIpc) is 3.09. The van der Waals surface area contributed by atoms with Crippen molar-refractivity contribution in [2.45, 2.75) is 44.8 Å². The number of anilines is 1. The molecule has 1 amide bonds. The highest BCUT2D eigenvalue weighted by Gasteiger charge is 2.50. The molecular formula is C21H23NO4. The minimum absolute atomic E-state index is 0.183. The summed E-state index contributed by atoms with van der Waals surface area (Å²) < 4.78 is 17.0. The fourth-order valence-electron chi connectivity index (χ4n) is 3.54. The van der Waals surface area contributed by atoms with E-state index in [1.165, 1.54) is 5.56 Å². The summed E-state index contributed by atoms with van der Waals surface area (Å²) in [6.45, 7) is 7.07. The summed E-state index contributed by atoms with van der Waals surface area (Å²) in [6.07, 6.45) is 0.134. The lowest BCUT2D eigenvalue weighted by Crippen LogP contribution is -2.30. The second-order valence-electron chi connectivity index (χ2n) is 7.44. The van der Waals surface area contributed by atoms with Crippen LogP contribution >= 0.6 is 0 Å². The fraction of sp³-hybridized carbons (Fsp3) is 0.381. The van der Waals surface area contributed by atoms with Crippen molar-refractivity contribution in [3.05, 3.63) is 53.6 Å². The van der Waals surface area contributed by atoms with Gasteiger partial charge in [-0.3, -0.25) is 5.32 Å². The van der Waals surface area contributed by atoms with E-state index in [4.69, 9.17) is 14.2 Å². The van der Waals surface area contributed by atoms with E-state index in [2.05, 4.69) is 26.1 Å². The predicted molar refractivity (Wildman–Crippen MR) is 99.0 cm³/mol. The lowest BCUT2D eigenvalue weighted by molar-refractivity contribution is -0.0514. The molecule has 4 rings (SSSR count). The number of nitrogens with one attached hydrogen (secondary N) is 1. The van der Waals surface area contributed by atoms with E-state index in [9.17, 15) is 4.79 Å². The summed E-state index contributed by atoms with van der Waals surface area (Å²) in [6, 6.07) is 13.2. The van der Waals surface area contributed by atoms with Crippen LogP contribution in [-0.2, 0) is 10.2 Å². The van der Waals surface area contributed by atoms with Gasteiger partial charge in [0, 0.05) is 11.3 Å². The number of fused-ring (bicyclic) bond motifs is 3. The Morgan fingerprint density at radius 2 is 2.00 bits per heavy atom. The zero-order valence-corrected chi connectivity index (χ0v) is 15.2. The number of benzene rings is 2. The van der Waals surface area contributed by atoms with Crippen molar-refractivity contribution in [1.29, 1.82) is 0 Å². The molecule has 1 saturated heterocycles. The summed E-state index contributed by atoms with van der Waals surface area (Å²) in [5, 5.41) is 2.76. The molecule has 0 aliphatic carbocycles. The average molecular weight is 353 g/mol. The Labute approximate surface area is 153 Å². The number of carbonyl (C=O) groups excluding carboxylic acids is 1. The molecule has 26 heavy (non-hydrogen) atoms. The number of hydrogen-bond acceptors (Lipinski definition) is 4. The quantitative estimate of drug-likeness (QED) is 0.860. The summed E-state index contributed by atoms with van der Waals surface area (Å²) >= 11 is 0. The molecule has 2 atom stereocenters. The first-order valence-electron chi connectivity index (χ1n) is 8.97. The van der Waals surface area contributed by atoms with Crippen molar-refractivity contribution in [2.24, 2.45) is 0 Å². The Morgan fingerprint density at radius 3 is 2.73 bits per heavy atom.